The molecule has 20 heavy (non-hydrogen) atoms. The van der Waals surface area contributed by atoms with E-state index in [0.717, 1.165) is 26.2 Å². The van der Waals surface area contributed by atoms with Gasteiger partial charge in [-0.2, -0.15) is 0 Å². The van der Waals surface area contributed by atoms with E-state index < -0.39 is 11.6 Å². The number of halogens is 2. The van der Waals surface area contributed by atoms with Crippen LogP contribution in [0.25, 0.3) is 0 Å². The number of anilines is 1. The van der Waals surface area contributed by atoms with Gasteiger partial charge in [-0.1, -0.05) is 13.8 Å². The van der Waals surface area contributed by atoms with Crippen LogP contribution in [-0.2, 0) is 6.54 Å². The Morgan fingerprint density at radius 3 is 2.15 bits per heavy atom. The lowest BCUT2D eigenvalue weighted by atomic mass is 10.1. The standard InChI is InChI=1S/C15H23F2N3/c1-3-18-11-12-9-13(16)15(14(17)10-12)20-7-5-19(4-2)6-8-20/h9-10,18H,3-8,11H2,1-2H3. The molecule has 0 amide bonds. The lowest BCUT2D eigenvalue weighted by Crippen LogP contribution is -2.46. The lowest BCUT2D eigenvalue weighted by molar-refractivity contribution is 0.269. The molecule has 112 valence electrons. The number of hydrogen-bond donors (Lipinski definition) is 1. The van der Waals surface area contributed by atoms with Crippen molar-refractivity contribution in [2.75, 3.05) is 44.2 Å². The van der Waals surface area contributed by atoms with Gasteiger partial charge in [0.05, 0.1) is 0 Å². The van der Waals surface area contributed by atoms with Gasteiger partial charge in [0.2, 0.25) is 0 Å². The summed E-state index contributed by atoms with van der Waals surface area (Å²) in [6.07, 6.45) is 0. The number of nitrogens with zero attached hydrogens (tertiary/aromatic N) is 2. The van der Waals surface area contributed by atoms with Gasteiger partial charge in [-0.05, 0) is 30.8 Å². The molecule has 1 aliphatic heterocycles. The fraction of sp³-hybridized carbons (Fsp3) is 0.600. The minimum absolute atomic E-state index is 0.126. The second-order valence-corrected chi connectivity index (χ2v) is 5.11. The van der Waals surface area contributed by atoms with Gasteiger partial charge in [0, 0.05) is 32.7 Å². The molecule has 0 bridgehead atoms. The molecule has 1 heterocycles. The highest BCUT2D eigenvalue weighted by molar-refractivity contribution is 5.51. The van der Waals surface area contributed by atoms with E-state index in [4.69, 9.17) is 0 Å². The molecule has 1 aromatic rings. The minimum Gasteiger partial charge on any atom is -0.364 e. The lowest BCUT2D eigenvalue weighted by Gasteiger charge is -2.35. The highest BCUT2D eigenvalue weighted by Crippen LogP contribution is 2.26. The molecular formula is C15H23F2N3. The third-order valence-electron chi connectivity index (χ3n) is 3.79. The molecule has 5 heteroatoms. The van der Waals surface area contributed by atoms with Crippen molar-refractivity contribution in [3.8, 4) is 0 Å². The molecule has 0 atom stereocenters. The molecular weight excluding hydrogens is 260 g/mol. The summed E-state index contributed by atoms with van der Waals surface area (Å²) in [6, 6.07) is 2.88. The van der Waals surface area contributed by atoms with Crippen molar-refractivity contribution in [2.24, 2.45) is 0 Å². The summed E-state index contributed by atoms with van der Waals surface area (Å²) in [4.78, 5) is 4.10. The van der Waals surface area contributed by atoms with E-state index in [9.17, 15) is 8.78 Å². The van der Waals surface area contributed by atoms with Crippen molar-refractivity contribution in [3.05, 3.63) is 29.3 Å². The van der Waals surface area contributed by atoms with Crippen LogP contribution in [0.5, 0.6) is 0 Å². The zero-order valence-corrected chi connectivity index (χ0v) is 12.3. The summed E-state index contributed by atoms with van der Waals surface area (Å²) in [5, 5.41) is 3.08. The van der Waals surface area contributed by atoms with Crippen LogP contribution in [0.3, 0.4) is 0 Å². The monoisotopic (exact) mass is 283 g/mol. The first-order chi connectivity index (χ1) is 9.65. The predicted octanol–water partition coefficient (Wildman–Crippen LogP) is 2.22. The Kier molecular flexibility index (Phi) is 5.31. The van der Waals surface area contributed by atoms with Gasteiger partial charge < -0.3 is 15.1 Å². The Hall–Kier alpha value is -1.20. The molecule has 0 saturated carbocycles. The Labute approximate surface area is 119 Å². The van der Waals surface area contributed by atoms with Crippen molar-refractivity contribution in [2.45, 2.75) is 20.4 Å². The first-order valence-electron chi connectivity index (χ1n) is 7.31. The highest BCUT2D eigenvalue weighted by Gasteiger charge is 2.22. The van der Waals surface area contributed by atoms with Gasteiger partial charge in [0.25, 0.3) is 0 Å². The van der Waals surface area contributed by atoms with E-state index >= 15 is 0 Å². The molecule has 1 aromatic carbocycles. The van der Waals surface area contributed by atoms with Crippen LogP contribution in [0.15, 0.2) is 12.1 Å². The van der Waals surface area contributed by atoms with Gasteiger partial charge in [0.1, 0.15) is 17.3 Å². The summed E-state index contributed by atoms with van der Waals surface area (Å²) in [5.74, 6) is -0.911. The second kappa shape index (κ2) is 6.99. The summed E-state index contributed by atoms with van der Waals surface area (Å²) in [7, 11) is 0. The number of benzene rings is 1. The molecule has 0 unspecified atom stereocenters. The number of piperazine rings is 1. The second-order valence-electron chi connectivity index (χ2n) is 5.11. The number of likely N-dealkylation sites (N-methyl/N-ethyl adjacent to an activating group) is 1. The van der Waals surface area contributed by atoms with E-state index in [1.165, 1.54) is 12.1 Å². The zero-order chi connectivity index (χ0) is 14.5. The molecule has 0 aromatic heterocycles. The molecule has 1 saturated heterocycles. The number of nitrogens with one attached hydrogen (secondary N) is 1. The Morgan fingerprint density at radius 2 is 1.65 bits per heavy atom. The highest BCUT2D eigenvalue weighted by atomic mass is 19.1. The van der Waals surface area contributed by atoms with Crippen LogP contribution in [0.2, 0.25) is 0 Å². The average molecular weight is 283 g/mol. The van der Waals surface area contributed by atoms with Gasteiger partial charge >= 0.3 is 0 Å². The molecule has 0 radical (unpaired) electrons. The molecule has 1 N–H and O–H groups in total. The average Bonchev–Trinajstić information content (AvgIpc) is 2.45. The predicted molar refractivity (Wildman–Crippen MR) is 78.1 cm³/mol. The fourth-order valence-electron chi connectivity index (χ4n) is 2.58. The van der Waals surface area contributed by atoms with Crippen LogP contribution in [0.4, 0.5) is 14.5 Å². The Balaban J connectivity index is 2.12. The Bertz CT molecular complexity index is 420. The summed E-state index contributed by atoms with van der Waals surface area (Å²) in [5.41, 5.74) is 0.777. The van der Waals surface area contributed by atoms with Gasteiger partial charge in [0.15, 0.2) is 0 Å². The summed E-state index contributed by atoms with van der Waals surface area (Å²) < 4.78 is 28.4. The largest absolute Gasteiger partial charge is 0.364 e. The van der Waals surface area contributed by atoms with Gasteiger partial charge in [-0.3, -0.25) is 0 Å². The molecule has 2 rings (SSSR count). The quantitative estimate of drug-likeness (QED) is 0.894. The van der Waals surface area contributed by atoms with E-state index in [-0.39, 0.29) is 5.69 Å². The van der Waals surface area contributed by atoms with Crippen LogP contribution in [-0.4, -0.2) is 44.2 Å². The number of rotatable bonds is 5. The van der Waals surface area contributed by atoms with Crippen LogP contribution in [0, 0.1) is 11.6 Å². The van der Waals surface area contributed by atoms with E-state index in [2.05, 4.69) is 17.1 Å². The zero-order valence-electron chi connectivity index (χ0n) is 12.3. The molecule has 0 spiro atoms. The SMILES string of the molecule is CCNCc1cc(F)c(N2CCN(CC)CC2)c(F)c1. The maximum absolute atomic E-state index is 14.2. The molecule has 1 fully saturated rings. The molecule has 1 aliphatic rings. The van der Waals surface area contributed by atoms with Crippen LogP contribution >= 0.6 is 0 Å². The summed E-state index contributed by atoms with van der Waals surface area (Å²) in [6.45, 7) is 9.39. The van der Waals surface area contributed by atoms with Crippen molar-refractivity contribution in [3.63, 3.8) is 0 Å². The van der Waals surface area contributed by atoms with Gasteiger partial charge in [-0.15, -0.1) is 0 Å². The van der Waals surface area contributed by atoms with Crippen LogP contribution < -0.4 is 10.2 Å². The van der Waals surface area contributed by atoms with Crippen molar-refractivity contribution < 1.29 is 8.78 Å². The molecule has 0 aliphatic carbocycles. The van der Waals surface area contributed by atoms with Crippen molar-refractivity contribution in [1.82, 2.24) is 10.2 Å². The summed E-state index contributed by atoms with van der Waals surface area (Å²) >= 11 is 0. The number of hydrogen-bond acceptors (Lipinski definition) is 3. The minimum atomic E-state index is -0.456. The first kappa shape index (κ1) is 15.2. The topological polar surface area (TPSA) is 18.5 Å². The van der Waals surface area contributed by atoms with Crippen molar-refractivity contribution in [1.29, 1.82) is 0 Å². The van der Waals surface area contributed by atoms with Crippen LogP contribution in [0.1, 0.15) is 19.4 Å². The van der Waals surface area contributed by atoms with Gasteiger partial charge in [-0.25, -0.2) is 8.78 Å². The van der Waals surface area contributed by atoms with E-state index in [1.54, 1.807) is 0 Å². The maximum Gasteiger partial charge on any atom is 0.149 e. The maximum atomic E-state index is 14.2. The van der Waals surface area contributed by atoms with E-state index in [1.807, 2.05) is 11.8 Å². The third-order valence-corrected chi connectivity index (χ3v) is 3.79. The molecule has 3 nitrogen and oxygen atoms in total. The Morgan fingerprint density at radius 1 is 1.05 bits per heavy atom. The first-order valence-corrected chi connectivity index (χ1v) is 7.31. The fourth-order valence-corrected chi connectivity index (χ4v) is 2.58. The third kappa shape index (κ3) is 3.46. The smallest absolute Gasteiger partial charge is 0.149 e. The van der Waals surface area contributed by atoms with Crippen molar-refractivity contribution >= 4 is 5.69 Å². The van der Waals surface area contributed by atoms with E-state index in [0.29, 0.717) is 25.2 Å². The normalized spacial score (nSPS) is 16.7.